The van der Waals surface area contributed by atoms with Crippen molar-refractivity contribution in [2.45, 2.75) is 12.0 Å². The van der Waals surface area contributed by atoms with Crippen molar-refractivity contribution in [1.29, 1.82) is 0 Å². The zero-order chi connectivity index (χ0) is 14.0. The van der Waals surface area contributed by atoms with Crippen molar-refractivity contribution >= 4 is 5.91 Å². The third kappa shape index (κ3) is 2.87. The minimum atomic E-state index is -1.70. The third-order valence-electron chi connectivity index (χ3n) is 2.94. The van der Waals surface area contributed by atoms with E-state index in [0.29, 0.717) is 19.1 Å². The molecule has 1 atom stereocenters. The molecule has 7 heteroatoms. The minimum Gasteiger partial charge on any atom is -0.386 e. The van der Waals surface area contributed by atoms with Crippen molar-refractivity contribution in [2.75, 3.05) is 19.8 Å². The topological polar surface area (TPSA) is 58.6 Å². The molecule has 4 nitrogen and oxygen atoms in total. The van der Waals surface area contributed by atoms with Gasteiger partial charge in [-0.3, -0.25) is 4.79 Å². The van der Waals surface area contributed by atoms with Gasteiger partial charge in [0.15, 0.2) is 17.5 Å². The summed E-state index contributed by atoms with van der Waals surface area (Å²) in [5.74, 6) is -5.53. The summed E-state index contributed by atoms with van der Waals surface area (Å²) in [5.41, 5.74) is -1.81. The van der Waals surface area contributed by atoms with E-state index in [2.05, 4.69) is 5.32 Å². The highest BCUT2D eigenvalue weighted by atomic mass is 19.2. The zero-order valence-corrected chi connectivity index (χ0v) is 9.88. The predicted octanol–water partition coefficient (Wildman–Crippen LogP) is 0.985. The second-order valence-electron chi connectivity index (χ2n) is 4.43. The van der Waals surface area contributed by atoms with E-state index in [4.69, 9.17) is 4.74 Å². The van der Waals surface area contributed by atoms with Gasteiger partial charge in [0.2, 0.25) is 0 Å². The van der Waals surface area contributed by atoms with Gasteiger partial charge in [0.05, 0.1) is 12.2 Å². The van der Waals surface area contributed by atoms with Crippen LogP contribution in [0.1, 0.15) is 16.8 Å². The van der Waals surface area contributed by atoms with E-state index in [9.17, 15) is 23.1 Å². The van der Waals surface area contributed by atoms with Crippen molar-refractivity contribution in [2.24, 2.45) is 0 Å². The summed E-state index contributed by atoms with van der Waals surface area (Å²) in [6.07, 6.45) is 0.341. The van der Waals surface area contributed by atoms with Crippen molar-refractivity contribution in [3.63, 3.8) is 0 Å². The number of aliphatic hydroxyl groups is 1. The summed E-state index contributed by atoms with van der Waals surface area (Å²) in [6, 6.07) is 1.51. The Labute approximate surface area is 107 Å². The minimum absolute atomic E-state index is 0.0630. The molecule has 1 fully saturated rings. The van der Waals surface area contributed by atoms with Gasteiger partial charge in [-0.05, 0) is 12.1 Å². The van der Waals surface area contributed by atoms with Gasteiger partial charge in [-0.2, -0.15) is 0 Å². The average molecular weight is 275 g/mol. The van der Waals surface area contributed by atoms with E-state index >= 15 is 0 Å². The fraction of sp³-hybridized carbons (Fsp3) is 0.417. The number of rotatable bonds is 3. The number of amides is 1. The lowest BCUT2D eigenvalue weighted by atomic mass is 10.0. The van der Waals surface area contributed by atoms with Crippen molar-refractivity contribution in [1.82, 2.24) is 5.32 Å². The van der Waals surface area contributed by atoms with Crippen molar-refractivity contribution in [3.05, 3.63) is 35.1 Å². The first-order valence-electron chi connectivity index (χ1n) is 5.65. The molecule has 1 heterocycles. The molecule has 1 aromatic carbocycles. The number of carbonyl (C=O) groups excluding carboxylic acids is 1. The molecule has 1 unspecified atom stereocenters. The first-order valence-corrected chi connectivity index (χ1v) is 5.65. The Morgan fingerprint density at radius 2 is 2.11 bits per heavy atom. The van der Waals surface area contributed by atoms with Gasteiger partial charge >= 0.3 is 0 Å². The lowest BCUT2D eigenvalue weighted by Crippen LogP contribution is -2.43. The van der Waals surface area contributed by atoms with Crippen LogP contribution in [0.4, 0.5) is 13.2 Å². The molecule has 0 aromatic heterocycles. The fourth-order valence-corrected chi connectivity index (χ4v) is 1.78. The van der Waals surface area contributed by atoms with Crippen molar-refractivity contribution in [3.8, 4) is 0 Å². The normalized spacial score (nSPS) is 22.5. The summed E-state index contributed by atoms with van der Waals surface area (Å²) >= 11 is 0. The van der Waals surface area contributed by atoms with Crippen LogP contribution in [0, 0.1) is 17.5 Å². The Kier molecular flexibility index (Phi) is 3.77. The molecule has 1 amide bonds. The standard InChI is InChI=1S/C12H12F3NO3/c13-8-2-1-7(9(14)10(8)15)11(17)16-5-12(18)3-4-19-6-12/h1-2,18H,3-6H2,(H,16,17). The third-order valence-corrected chi connectivity index (χ3v) is 2.94. The summed E-state index contributed by atoms with van der Waals surface area (Å²) in [5, 5.41) is 12.2. The van der Waals surface area contributed by atoms with Gasteiger partial charge in [-0.15, -0.1) is 0 Å². The highest BCUT2D eigenvalue weighted by Crippen LogP contribution is 2.18. The quantitative estimate of drug-likeness (QED) is 0.809. The molecule has 0 saturated carbocycles. The van der Waals surface area contributed by atoms with Crippen LogP contribution >= 0.6 is 0 Å². The first-order chi connectivity index (χ1) is 8.93. The largest absolute Gasteiger partial charge is 0.386 e. The summed E-state index contributed by atoms with van der Waals surface area (Å²) in [6.45, 7) is 0.281. The average Bonchev–Trinajstić information content (AvgIpc) is 2.81. The molecular weight excluding hydrogens is 263 g/mol. The Morgan fingerprint density at radius 3 is 2.74 bits per heavy atom. The maximum absolute atomic E-state index is 13.3. The monoisotopic (exact) mass is 275 g/mol. The van der Waals surface area contributed by atoms with Crippen LogP contribution in [-0.4, -0.2) is 36.4 Å². The van der Waals surface area contributed by atoms with Gasteiger partial charge < -0.3 is 15.2 Å². The maximum Gasteiger partial charge on any atom is 0.254 e. The molecular formula is C12H12F3NO3. The maximum atomic E-state index is 13.3. The van der Waals surface area contributed by atoms with E-state index in [1.807, 2.05) is 0 Å². The molecule has 2 rings (SSSR count). The van der Waals surface area contributed by atoms with Crippen molar-refractivity contribution < 1.29 is 27.8 Å². The molecule has 1 aliphatic rings. The summed E-state index contributed by atoms with van der Waals surface area (Å²) in [7, 11) is 0. The van der Waals surface area contributed by atoms with E-state index in [1.165, 1.54) is 0 Å². The van der Waals surface area contributed by atoms with E-state index < -0.39 is 34.5 Å². The lowest BCUT2D eigenvalue weighted by Gasteiger charge is -2.20. The SMILES string of the molecule is O=C(NCC1(O)CCOC1)c1ccc(F)c(F)c1F. The van der Waals surface area contributed by atoms with Crippen LogP contribution in [0.25, 0.3) is 0 Å². The number of halogens is 3. The lowest BCUT2D eigenvalue weighted by molar-refractivity contribution is 0.0264. The summed E-state index contributed by atoms with van der Waals surface area (Å²) < 4.78 is 44.0. The van der Waals surface area contributed by atoms with Crippen LogP contribution in [0.5, 0.6) is 0 Å². The van der Waals surface area contributed by atoms with E-state index in [0.717, 1.165) is 6.07 Å². The van der Waals surface area contributed by atoms with Crippen LogP contribution in [0.15, 0.2) is 12.1 Å². The number of benzene rings is 1. The number of nitrogens with one attached hydrogen (secondary N) is 1. The second-order valence-corrected chi connectivity index (χ2v) is 4.43. The predicted molar refractivity (Wildman–Crippen MR) is 59.0 cm³/mol. The fourth-order valence-electron chi connectivity index (χ4n) is 1.78. The number of ether oxygens (including phenoxy) is 1. The van der Waals surface area contributed by atoms with Crippen LogP contribution in [0.2, 0.25) is 0 Å². The van der Waals surface area contributed by atoms with Gasteiger partial charge in [0.25, 0.3) is 5.91 Å². The smallest absolute Gasteiger partial charge is 0.254 e. The molecule has 0 aliphatic carbocycles. The Morgan fingerprint density at radius 1 is 1.37 bits per heavy atom. The molecule has 1 aromatic rings. The Balaban J connectivity index is 2.06. The van der Waals surface area contributed by atoms with Crippen LogP contribution < -0.4 is 5.32 Å². The van der Waals surface area contributed by atoms with Gasteiger partial charge in [0, 0.05) is 19.6 Å². The Hall–Kier alpha value is -1.60. The highest BCUT2D eigenvalue weighted by molar-refractivity contribution is 5.94. The molecule has 1 aliphatic heterocycles. The molecule has 1 saturated heterocycles. The van der Waals surface area contributed by atoms with E-state index in [-0.39, 0.29) is 13.2 Å². The van der Waals surface area contributed by atoms with E-state index in [1.54, 1.807) is 0 Å². The van der Waals surface area contributed by atoms with Gasteiger partial charge in [-0.25, -0.2) is 13.2 Å². The summed E-state index contributed by atoms with van der Waals surface area (Å²) in [4.78, 5) is 11.6. The number of hydrogen-bond acceptors (Lipinski definition) is 3. The number of hydrogen-bond donors (Lipinski definition) is 2. The molecule has 0 radical (unpaired) electrons. The van der Waals surface area contributed by atoms with Crippen LogP contribution in [-0.2, 0) is 4.74 Å². The van der Waals surface area contributed by atoms with Gasteiger partial charge in [0.1, 0.15) is 5.60 Å². The number of carbonyl (C=O) groups is 1. The van der Waals surface area contributed by atoms with Gasteiger partial charge in [-0.1, -0.05) is 0 Å². The second kappa shape index (κ2) is 5.18. The van der Waals surface area contributed by atoms with Crippen LogP contribution in [0.3, 0.4) is 0 Å². The zero-order valence-electron chi connectivity index (χ0n) is 9.88. The molecule has 0 spiro atoms. The first kappa shape index (κ1) is 13.8. The molecule has 19 heavy (non-hydrogen) atoms. The molecule has 2 N–H and O–H groups in total. The Bertz CT molecular complexity index is 501. The molecule has 0 bridgehead atoms. The molecule has 104 valence electrons. The highest BCUT2D eigenvalue weighted by Gasteiger charge is 2.33.